The second kappa shape index (κ2) is 6.82. The first-order valence-corrected chi connectivity index (χ1v) is 12.0. The maximum absolute atomic E-state index is 13.2. The molecule has 4 aromatic rings. The standard InChI is InChI=1S/C23H20N2O3S2/c1-15-12-19(16(2)24(15)13-18-8-5-11-29-18)21(26)14-25-20-9-3-6-17-7-4-10-22(23(17)20)30(25,27)28/h3-12H,13-14H2,1-2H3. The van der Waals surface area contributed by atoms with Gasteiger partial charge in [0, 0.05) is 27.2 Å². The average molecular weight is 437 g/mol. The van der Waals surface area contributed by atoms with Gasteiger partial charge in [-0.25, -0.2) is 8.42 Å². The van der Waals surface area contributed by atoms with Crippen molar-refractivity contribution in [3.8, 4) is 0 Å². The summed E-state index contributed by atoms with van der Waals surface area (Å²) >= 11 is 1.68. The van der Waals surface area contributed by atoms with Gasteiger partial charge in [0.05, 0.1) is 23.7 Å². The highest BCUT2D eigenvalue weighted by Gasteiger charge is 2.37. The largest absolute Gasteiger partial charge is 0.343 e. The van der Waals surface area contributed by atoms with Crippen molar-refractivity contribution >= 4 is 43.6 Å². The van der Waals surface area contributed by atoms with Crippen LogP contribution in [0.3, 0.4) is 0 Å². The van der Waals surface area contributed by atoms with E-state index in [1.165, 1.54) is 9.18 Å². The zero-order chi connectivity index (χ0) is 21.0. The van der Waals surface area contributed by atoms with Gasteiger partial charge in [0.15, 0.2) is 5.78 Å². The number of aryl methyl sites for hydroxylation is 1. The maximum Gasteiger partial charge on any atom is 0.265 e. The zero-order valence-corrected chi connectivity index (χ0v) is 18.3. The van der Waals surface area contributed by atoms with Crippen LogP contribution in [-0.2, 0) is 16.6 Å². The topological polar surface area (TPSA) is 59.4 Å². The molecule has 0 atom stereocenters. The Labute approximate surface area is 179 Å². The molecule has 152 valence electrons. The molecule has 0 bridgehead atoms. The maximum atomic E-state index is 13.2. The van der Waals surface area contributed by atoms with Gasteiger partial charge in [-0.2, -0.15) is 0 Å². The van der Waals surface area contributed by atoms with E-state index in [4.69, 9.17) is 0 Å². The number of carbonyl (C=O) groups is 1. The van der Waals surface area contributed by atoms with Gasteiger partial charge in [-0.3, -0.25) is 9.10 Å². The summed E-state index contributed by atoms with van der Waals surface area (Å²) in [6.45, 7) is 4.39. The van der Waals surface area contributed by atoms with Crippen LogP contribution in [0.1, 0.15) is 26.6 Å². The fraction of sp³-hybridized carbons (Fsp3) is 0.174. The fourth-order valence-corrected chi connectivity index (χ4v) is 6.59. The summed E-state index contributed by atoms with van der Waals surface area (Å²) in [5.74, 6) is -0.200. The molecule has 0 amide bonds. The number of rotatable bonds is 5. The molecule has 2 aromatic heterocycles. The van der Waals surface area contributed by atoms with Crippen LogP contribution in [0.15, 0.2) is 64.9 Å². The van der Waals surface area contributed by atoms with Crippen molar-refractivity contribution < 1.29 is 13.2 Å². The molecular formula is C23H20N2O3S2. The van der Waals surface area contributed by atoms with Gasteiger partial charge in [0.1, 0.15) is 0 Å². The minimum Gasteiger partial charge on any atom is -0.343 e. The van der Waals surface area contributed by atoms with Gasteiger partial charge in [-0.05, 0) is 48.9 Å². The lowest BCUT2D eigenvalue weighted by Crippen LogP contribution is -2.33. The molecule has 1 aliphatic rings. The van der Waals surface area contributed by atoms with Gasteiger partial charge in [0.25, 0.3) is 10.0 Å². The molecule has 2 aromatic carbocycles. The Bertz CT molecular complexity index is 1390. The molecule has 1 aliphatic heterocycles. The summed E-state index contributed by atoms with van der Waals surface area (Å²) in [4.78, 5) is 14.7. The highest BCUT2D eigenvalue weighted by molar-refractivity contribution is 7.93. The average Bonchev–Trinajstić information content (AvgIpc) is 3.39. The molecule has 30 heavy (non-hydrogen) atoms. The number of carbonyl (C=O) groups excluding carboxylic acids is 1. The van der Waals surface area contributed by atoms with E-state index in [0.29, 0.717) is 23.2 Å². The first kappa shape index (κ1) is 19.1. The molecule has 0 radical (unpaired) electrons. The number of benzene rings is 2. The highest BCUT2D eigenvalue weighted by atomic mass is 32.2. The summed E-state index contributed by atoms with van der Waals surface area (Å²) in [5, 5.41) is 3.58. The summed E-state index contributed by atoms with van der Waals surface area (Å²) in [6, 6.07) is 16.7. The van der Waals surface area contributed by atoms with E-state index in [1.807, 2.05) is 49.6 Å². The smallest absolute Gasteiger partial charge is 0.265 e. The van der Waals surface area contributed by atoms with Crippen LogP contribution in [0.25, 0.3) is 10.8 Å². The lowest BCUT2D eigenvalue weighted by Gasteiger charge is -2.18. The third-order valence-electron chi connectivity index (χ3n) is 5.74. The van der Waals surface area contributed by atoms with Crippen molar-refractivity contribution in [3.05, 3.63) is 81.8 Å². The molecule has 0 fully saturated rings. The van der Waals surface area contributed by atoms with Gasteiger partial charge in [0.2, 0.25) is 0 Å². The lowest BCUT2D eigenvalue weighted by atomic mass is 10.1. The third-order valence-corrected chi connectivity index (χ3v) is 8.40. The first-order valence-electron chi connectivity index (χ1n) is 9.65. The molecule has 0 unspecified atom stereocenters. The van der Waals surface area contributed by atoms with Crippen LogP contribution in [0.5, 0.6) is 0 Å². The van der Waals surface area contributed by atoms with Crippen LogP contribution in [-0.4, -0.2) is 25.3 Å². The van der Waals surface area contributed by atoms with Crippen molar-refractivity contribution in [3.63, 3.8) is 0 Å². The van der Waals surface area contributed by atoms with Gasteiger partial charge < -0.3 is 4.57 Å². The molecule has 5 rings (SSSR count). The fourth-order valence-electron chi connectivity index (χ4n) is 4.23. The van der Waals surface area contributed by atoms with Crippen molar-refractivity contribution in [2.24, 2.45) is 0 Å². The van der Waals surface area contributed by atoms with E-state index in [1.54, 1.807) is 29.5 Å². The second-order valence-corrected chi connectivity index (χ2v) is 10.4. The number of thiophene rings is 1. The Morgan fingerprint density at radius 3 is 2.53 bits per heavy atom. The highest BCUT2D eigenvalue weighted by Crippen LogP contribution is 2.42. The Morgan fingerprint density at radius 1 is 1.03 bits per heavy atom. The van der Waals surface area contributed by atoms with E-state index >= 15 is 0 Å². The van der Waals surface area contributed by atoms with Crippen LogP contribution in [0.2, 0.25) is 0 Å². The Kier molecular flexibility index (Phi) is 4.34. The molecule has 7 heteroatoms. The molecule has 0 N–H and O–H groups in total. The summed E-state index contributed by atoms with van der Waals surface area (Å²) in [5.41, 5.74) is 2.99. The SMILES string of the molecule is Cc1cc(C(=O)CN2c3cccc4cccc(c34)S2(=O)=O)c(C)n1Cc1cccs1. The number of aromatic nitrogens is 1. The number of sulfonamides is 1. The summed E-state index contributed by atoms with van der Waals surface area (Å²) in [7, 11) is -3.75. The molecule has 3 heterocycles. The van der Waals surface area contributed by atoms with Crippen molar-refractivity contribution in [2.75, 3.05) is 10.8 Å². The molecule has 5 nitrogen and oxygen atoms in total. The summed E-state index contributed by atoms with van der Waals surface area (Å²) < 4.78 is 29.7. The Hall–Kier alpha value is -2.90. The number of nitrogens with zero attached hydrogens (tertiary/aromatic N) is 2. The number of hydrogen-bond acceptors (Lipinski definition) is 4. The predicted octanol–water partition coefficient (Wildman–Crippen LogP) is 4.76. The van der Waals surface area contributed by atoms with Crippen LogP contribution in [0.4, 0.5) is 5.69 Å². The lowest BCUT2D eigenvalue weighted by molar-refractivity contribution is 0.100. The number of hydrogen-bond donors (Lipinski definition) is 0. The molecule has 0 saturated carbocycles. The van der Waals surface area contributed by atoms with Crippen molar-refractivity contribution in [1.29, 1.82) is 0 Å². The molecule has 0 aliphatic carbocycles. The van der Waals surface area contributed by atoms with Crippen molar-refractivity contribution in [2.45, 2.75) is 25.3 Å². The number of anilines is 1. The molecule has 0 spiro atoms. The van der Waals surface area contributed by atoms with Crippen LogP contribution in [0, 0.1) is 13.8 Å². The second-order valence-electron chi connectivity index (χ2n) is 7.52. The minimum atomic E-state index is -3.75. The number of ketones is 1. The van der Waals surface area contributed by atoms with E-state index < -0.39 is 10.0 Å². The summed E-state index contributed by atoms with van der Waals surface area (Å²) in [6.07, 6.45) is 0. The van der Waals surface area contributed by atoms with Crippen LogP contribution < -0.4 is 4.31 Å². The van der Waals surface area contributed by atoms with Gasteiger partial charge >= 0.3 is 0 Å². The Morgan fingerprint density at radius 2 is 1.80 bits per heavy atom. The molecule has 0 saturated heterocycles. The van der Waals surface area contributed by atoms with E-state index in [-0.39, 0.29) is 17.2 Å². The Balaban J connectivity index is 1.50. The number of Topliss-reactive ketones (excluding diaryl/α,β-unsaturated/α-hetero) is 1. The first-order chi connectivity index (χ1) is 14.4. The normalized spacial score (nSPS) is 14.5. The minimum absolute atomic E-state index is 0.200. The van der Waals surface area contributed by atoms with Crippen molar-refractivity contribution in [1.82, 2.24) is 4.57 Å². The van der Waals surface area contributed by atoms with Crippen LogP contribution >= 0.6 is 11.3 Å². The monoisotopic (exact) mass is 436 g/mol. The van der Waals surface area contributed by atoms with E-state index in [9.17, 15) is 13.2 Å². The predicted molar refractivity (Wildman–Crippen MR) is 120 cm³/mol. The molecular weight excluding hydrogens is 416 g/mol. The van der Waals surface area contributed by atoms with E-state index in [0.717, 1.165) is 16.8 Å². The van der Waals surface area contributed by atoms with E-state index in [2.05, 4.69) is 10.6 Å². The van der Waals surface area contributed by atoms with Gasteiger partial charge in [-0.15, -0.1) is 11.3 Å². The van der Waals surface area contributed by atoms with Gasteiger partial charge in [-0.1, -0.05) is 30.3 Å². The quantitative estimate of drug-likeness (QED) is 0.424. The zero-order valence-electron chi connectivity index (χ0n) is 16.6. The third kappa shape index (κ3) is 2.80.